The van der Waals surface area contributed by atoms with E-state index in [-0.39, 0.29) is 30.5 Å². The summed E-state index contributed by atoms with van der Waals surface area (Å²) in [6.45, 7) is 5.07. The Morgan fingerprint density at radius 2 is 1.60 bits per heavy atom. The molecule has 9 nitrogen and oxygen atoms in total. The van der Waals surface area contributed by atoms with E-state index in [1.54, 1.807) is 18.2 Å². The van der Waals surface area contributed by atoms with Crippen LogP contribution in [0.25, 0.3) is 0 Å². The lowest BCUT2D eigenvalue weighted by molar-refractivity contribution is -0.143. The summed E-state index contributed by atoms with van der Waals surface area (Å²) in [5, 5.41) is 2.81. The van der Waals surface area contributed by atoms with Crippen molar-refractivity contribution in [3.63, 3.8) is 0 Å². The Kier molecular flexibility index (Phi) is 10.1. The normalized spacial score (nSPS) is 14.6. The molecule has 0 saturated carbocycles. The number of carbonyl (C=O) groups is 2. The van der Waals surface area contributed by atoms with E-state index in [2.05, 4.69) is 11.9 Å². The Morgan fingerprint density at radius 1 is 0.975 bits per heavy atom. The number of morpholine rings is 1. The number of rotatable bonds is 12. The summed E-state index contributed by atoms with van der Waals surface area (Å²) < 4.78 is 38.2. The van der Waals surface area contributed by atoms with Gasteiger partial charge >= 0.3 is 0 Å². The predicted molar refractivity (Wildman–Crippen MR) is 151 cm³/mol. The van der Waals surface area contributed by atoms with Crippen LogP contribution in [-0.2, 0) is 30.9 Å². The highest BCUT2D eigenvalue weighted by Crippen LogP contribution is 2.25. The molecule has 10 heteroatoms. The van der Waals surface area contributed by atoms with E-state index in [9.17, 15) is 18.0 Å². The molecule has 1 aliphatic rings. The van der Waals surface area contributed by atoms with Gasteiger partial charge in [-0.15, -0.1) is 6.58 Å². The summed E-state index contributed by atoms with van der Waals surface area (Å²) in [5.74, 6) is -0.411. The first kappa shape index (κ1) is 29.0. The van der Waals surface area contributed by atoms with Gasteiger partial charge in [0.15, 0.2) is 6.61 Å². The number of hydrogen-bond donors (Lipinski definition) is 1. The number of sulfonamides is 1. The van der Waals surface area contributed by atoms with E-state index in [0.29, 0.717) is 37.6 Å². The molecule has 0 spiro atoms. The minimum absolute atomic E-state index is 0.141. The molecule has 1 N–H and O–H groups in total. The fourth-order valence-electron chi connectivity index (χ4n) is 4.35. The first-order valence-electron chi connectivity index (χ1n) is 13.0. The molecule has 1 saturated heterocycles. The van der Waals surface area contributed by atoms with Gasteiger partial charge in [0.25, 0.3) is 5.91 Å². The van der Waals surface area contributed by atoms with Gasteiger partial charge in [0.2, 0.25) is 15.9 Å². The maximum atomic E-state index is 13.6. The summed E-state index contributed by atoms with van der Waals surface area (Å²) in [6.07, 6.45) is 1.58. The second kappa shape index (κ2) is 13.9. The predicted octanol–water partition coefficient (Wildman–Crippen LogP) is 3.16. The molecule has 1 fully saturated rings. The van der Waals surface area contributed by atoms with Crippen LogP contribution in [0.15, 0.2) is 102 Å². The number of ether oxygens (including phenoxy) is 2. The molecule has 2 amide bonds. The SMILES string of the molecule is C=CCNC(=O)C(c1ccccc1)N(Cc1ccccc1)C(=O)COc1ccc(S(=O)(=O)N2CCOCC2)cc1. The first-order chi connectivity index (χ1) is 19.4. The molecular formula is C30H33N3O6S. The van der Waals surface area contributed by atoms with Gasteiger partial charge in [-0.25, -0.2) is 8.42 Å². The second-order valence-corrected chi connectivity index (χ2v) is 11.1. The van der Waals surface area contributed by atoms with E-state index in [4.69, 9.17) is 9.47 Å². The van der Waals surface area contributed by atoms with Crippen molar-refractivity contribution in [2.75, 3.05) is 39.5 Å². The van der Waals surface area contributed by atoms with Crippen molar-refractivity contribution in [3.8, 4) is 5.75 Å². The third kappa shape index (κ3) is 7.35. The average Bonchev–Trinajstić information content (AvgIpc) is 3.00. The van der Waals surface area contributed by atoms with Gasteiger partial charge in [0, 0.05) is 26.2 Å². The smallest absolute Gasteiger partial charge is 0.261 e. The molecule has 0 radical (unpaired) electrons. The monoisotopic (exact) mass is 563 g/mol. The number of nitrogens with one attached hydrogen (secondary N) is 1. The standard InChI is InChI=1S/C30H33N3O6S/c1-2-17-31-30(35)29(25-11-7-4-8-12-25)33(22-24-9-5-3-6-10-24)28(34)23-39-26-13-15-27(16-14-26)40(36,37)32-18-20-38-21-19-32/h2-16,29H,1,17-23H2,(H,31,35). The van der Waals surface area contributed by atoms with Gasteiger partial charge in [0.1, 0.15) is 11.8 Å². The minimum atomic E-state index is -3.65. The van der Waals surface area contributed by atoms with Crippen LogP contribution in [-0.4, -0.2) is 68.9 Å². The maximum absolute atomic E-state index is 13.6. The van der Waals surface area contributed by atoms with Gasteiger partial charge in [-0.05, 0) is 35.4 Å². The number of amides is 2. The number of benzene rings is 3. The molecule has 1 aliphatic heterocycles. The number of hydrogen-bond acceptors (Lipinski definition) is 6. The lowest BCUT2D eigenvalue weighted by Crippen LogP contribution is -2.45. The van der Waals surface area contributed by atoms with Crippen molar-refractivity contribution >= 4 is 21.8 Å². The van der Waals surface area contributed by atoms with E-state index in [1.807, 2.05) is 48.5 Å². The van der Waals surface area contributed by atoms with Crippen LogP contribution in [0, 0.1) is 0 Å². The molecule has 3 aromatic carbocycles. The Bertz CT molecular complexity index is 1380. The topological polar surface area (TPSA) is 105 Å². The molecule has 0 bridgehead atoms. The lowest BCUT2D eigenvalue weighted by Gasteiger charge is -2.31. The maximum Gasteiger partial charge on any atom is 0.261 e. The van der Waals surface area contributed by atoms with E-state index < -0.39 is 22.0 Å². The highest BCUT2D eigenvalue weighted by atomic mass is 32.2. The molecule has 210 valence electrons. The van der Waals surface area contributed by atoms with E-state index >= 15 is 0 Å². The molecule has 0 aliphatic carbocycles. The molecule has 1 unspecified atom stereocenters. The molecule has 3 aromatic rings. The quantitative estimate of drug-likeness (QED) is 0.340. The highest BCUT2D eigenvalue weighted by Gasteiger charge is 2.32. The van der Waals surface area contributed by atoms with Crippen molar-refractivity contribution in [2.45, 2.75) is 17.5 Å². The highest BCUT2D eigenvalue weighted by molar-refractivity contribution is 7.89. The van der Waals surface area contributed by atoms with Crippen LogP contribution in [0.2, 0.25) is 0 Å². The Balaban J connectivity index is 1.53. The van der Waals surface area contributed by atoms with Crippen LogP contribution in [0.3, 0.4) is 0 Å². The molecular weight excluding hydrogens is 530 g/mol. The van der Waals surface area contributed by atoms with Crippen molar-refractivity contribution in [2.24, 2.45) is 0 Å². The Morgan fingerprint density at radius 3 is 2.23 bits per heavy atom. The molecule has 40 heavy (non-hydrogen) atoms. The molecule has 1 heterocycles. The second-order valence-electron chi connectivity index (χ2n) is 9.13. The molecule has 0 aromatic heterocycles. The van der Waals surface area contributed by atoms with Gasteiger partial charge in [-0.1, -0.05) is 66.7 Å². The summed E-state index contributed by atoms with van der Waals surface area (Å²) in [5.41, 5.74) is 1.51. The van der Waals surface area contributed by atoms with E-state index in [0.717, 1.165) is 5.56 Å². The van der Waals surface area contributed by atoms with Crippen LogP contribution >= 0.6 is 0 Å². The van der Waals surface area contributed by atoms with Crippen molar-refractivity contribution in [3.05, 3.63) is 109 Å². The first-order valence-corrected chi connectivity index (χ1v) is 14.4. The zero-order chi connectivity index (χ0) is 28.4. The average molecular weight is 564 g/mol. The summed E-state index contributed by atoms with van der Waals surface area (Å²) >= 11 is 0. The zero-order valence-corrected chi connectivity index (χ0v) is 23.0. The third-order valence-corrected chi connectivity index (χ3v) is 8.32. The minimum Gasteiger partial charge on any atom is -0.484 e. The molecule has 1 atom stereocenters. The van der Waals surface area contributed by atoms with Crippen LogP contribution in [0.5, 0.6) is 5.75 Å². The van der Waals surface area contributed by atoms with Crippen molar-refractivity contribution < 1.29 is 27.5 Å². The van der Waals surface area contributed by atoms with Crippen LogP contribution < -0.4 is 10.1 Å². The van der Waals surface area contributed by atoms with Crippen molar-refractivity contribution in [1.29, 1.82) is 0 Å². The summed E-state index contributed by atoms with van der Waals surface area (Å²) in [6, 6.07) is 23.5. The van der Waals surface area contributed by atoms with Gasteiger partial charge < -0.3 is 19.7 Å². The summed E-state index contributed by atoms with van der Waals surface area (Å²) in [4.78, 5) is 28.6. The van der Waals surface area contributed by atoms with Crippen molar-refractivity contribution in [1.82, 2.24) is 14.5 Å². The van der Waals surface area contributed by atoms with Gasteiger partial charge in [-0.2, -0.15) is 4.31 Å². The van der Waals surface area contributed by atoms with Gasteiger partial charge in [-0.3, -0.25) is 9.59 Å². The molecule has 4 rings (SSSR count). The largest absolute Gasteiger partial charge is 0.484 e. The Hall–Kier alpha value is -3.99. The number of carbonyl (C=O) groups excluding carboxylic acids is 2. The fraction of sp³-hybridized carbons (Fsp3) is 0.267. The van der Waals surface area contributed by atoms with Gasteiger partial charge in [0.05, 0.1) is 18.1 Å². The van der Waals surface area contributed by atoms with Crippen LogP contribution in [0.1, 0.15) is 17.2 Å². The fourth-order valence-corrected chi connectivity index (χ4v) is 5.76. The van der Waals surface area contributed by atoms with Crippen LogP contribution in [0.4, 0.5) is 0 Å². The number of nitrogens with zero attached hydrogens (tertiary/aromatic N) is 2. The van der Waals surface area contributed by atoms with E-state index in [1.165, 1.54) is 33.5 Å². The Labute approximate surface area is 235 Å². The zero-order valence-electron chi connectivity index (χ0n) is 22.1. The lowest BCUT2D eigenvalue weighted by atomic mass is 10.0. The summed E-state index contributed by atoms with van der Waals surface area (Å²) in [7, 11) is -3.65. The third-order valence-electron chi connectivity index (χ3n) is 6.41.